The van der Waals surface area contributed by atoms with E-state index in [9.17, 15) is 0 Å². The summed E-state index contributed by atoms with van der Waals surface area (Å²) in [6.45, 7) is 0. The molecule has 632 valence electrons. The predicted octanol–water partition coefficient (Wildman–Crippen LogP) is 33.0. The minimum atomic E-state index is 0.635. The Bertz CT molecular complexity index is 8970. The van der Waals surface area contributed by atoms with Crippen molar-refractivity contribution in [3.63, 3.8) is 0 Å². The second kappa shape index (κ2) is 31.8. The number of nitrogens with zero attached hydrogens (tertiary/aromatic N) is 9. The molecule has 0 amide bonds. The number of aromatic nitrogens is 9. The highest BCUT2D eigenvalue weighted by molar-refractivity contribution is 6.28. The summed E-state index contributed by atoms with van der Waals surface area (Å²) < 4.78 is 9.61. The second-order valence-corrected chi connectivity index (χ2v) is 35.3. The van der Waals surface area contributed by atoms with Gasteiger partial charge in [0.25, 0.3) is 0 Å². The molecule has 0 bridgehead atoms. The van der Waals surface area contributed by atoms with Crippen LogP contribution in [-0.4, -0.2) is 43.2 Å². The number of fused-ring (bicyclic) bond motifs is 24. The third-order valence-electron chi connectivity index (χ3n) is 27.7. The van der Waals surface area contributed by atoms with E-state index in [4.69, 9.17) is 24.9 Å². The second-order valence-electron chi connectivity index (χ2n) is 35.3. The van der Waals surface area contributed by atoms with E-state index in [0.717, 1.165) is 89.6 Å². The van der Waals surface area contributed by atoms with Crippen molar-refractivity contribution in [2.45, 2.75) is 0 Å². The maximum atomic E-state index is 5.09. The van der Waals surface area contributed by atoms with E-state index >= 15 is 0 Å². The fourth-order valence-corrected chi connectivity index (χ4v) is 21.3. The van der Waals surface area contributed by atoms with Crippen molar-refractivity contribution in [3.8, 4) is 113 Å². The highest BCUT2D eigenvalue weighted by Gasteiger charge is 2.24. The van der Waals surface area contributed by atoms with Crippen LogP contribution in [-0.2, 0) is 0 Å². The van der Waals surface area contributed by atoms with E-state index in [0.29, 0.717) is 23.3 Å². The molecule has 28 aromatic rings. The van der Waals surface area contributed by atoms with Gasteiger partial charge in [0.15, 0.2) is 23.3 Å². The lowest BCUT2D eigenvalue weighted by Gasteiger charge is -2.14. The van der Waals surface area contributed by atoms with Crippen molar-refractivity contribution in [1.82, 2.24) is 43.2 Å². The van der Waals surface area contributed by atoms with Crippen molar-refractivity contribution in [2.24, 2.45) is 0 Å². The lowest BCUT2D eigenvalue weighted by atomic mass is 9.94. The lowest BCUT2D eigenvalue weighted by Crippen LogP contribution is -2.00. The zero-order valence-corrected chi connectivity index (χ0v) is 73.6. The van der Waals surface area contributed by atoms with Crippen molar-refractivity contribution in [3.05, 3.63) is 479 Å². The molecule has 0 radical (unpaired) electrons. The summed E-state index contributed by atoms with van der Waals surface area (Å²) in [5, 5.41) is 25.1. The summed E-state index contributed by atoms with van der Waals surface area (Å²) in [7, 11) is 0. The normalized spacial score (nSPS) is 11.8. The Balaban J connectivity index is 0.000000138. The average molecular weight is 1730 g/mol. The molecule has 0 saturated heterocycles. The minimum absolute atomic E-state index is 0.635. The van der Waals surface area contributed by atoms with Crippen molar-refractivity contribution in [1.29, 1.82) is 0 Å². The molecule has 0 aliphatic rings. The standard InChI is InChI=1S/C64H40N4.C63H39N5/c1-3-15-41(16-4-1)58-40-59(42-17-5-2-6-18-42)66-64(65-58)43-27-31-46(32-28-43)67-60-25-13-11-23-53(60)56-37-44(29-35-62(56)67)45-30-36-63-57(38-45)54-24-12-14-26-61(54)68(63)47-33-34-52-50-21-8-7-19-48(50)49-20-9-10-22-51(49)55(52)39-47;1-3-15-40(16-4-1)61-64-62(41-17-5-2-6-18-41)66-63(65-61)42-27-31-45(32-28-42)67-57-25-13-11-23-52(57)55-37-43(29-35-59(55)67)44-30-36-60-56(38-44)53-24-12-14-26-58(53)68(60)46-33-34-51-49-21-8-7-19-47(49)48-20-9-10-22-50(48)54(51)39-46/h1-40H;1-39H. The van der Waals surface area contributed by atoms with Gasteiger partial charge in [-0.05, 0) is 239 Å². The fourth-order valence-electron chi connectivity index (χ4n) is 21.3. The summed E-state index contributed by atoms with van der Waals surface area (Å²) in [4.78, 5) is 25.0. The zero-order chi connectivity index (χ0) is 89.4. The average Bonchev–Trinajstić information content (AvgIpc) is 1.67. The van der Waals surface area contributed by atoms with Gasteiger partial charge in [-0.1, -0.05) is 328 Å². The maximum absolute atomic E-state index is 5.09. The molecule has 0 saturated carbocycles. The van der Waals surface area contributed by atoms with Gasteiger partial charge in [-0.15, -0.1) is 0 Å². The van der Waals surface area contributed by atoms with Crippen molar-refractivity contribution < 1.29 is 0 Å². The molecule has 0 fully saturated rings. The molecule has 0 aliphatic carbocycles. The predicted molar refractivity (Wildman–Crippen MR) is 568 cm³/mol. The molecule has 0 aliphatic heterocycles. The SMILES string of the molecule is c1ccc(-c2cc(-c3ccccc3)nc(-c3ccc(-n4c5ccccc5c5cc(-c6ccc7c(c6)c6ccccc6n7-c6ccc7c8ccccc8c8ccccc8c7c6)ccc54)cc3)n2)cc1.c1ccc(-c2nc(-c3ccccc3)nc(-c3ccc(-n4c5ccccc5c5cc(-c6ccc7c(c6)c6ccccc6n7-c6ccc7c8ccccc8c8ccccc8c7c6)ccc54)cc3)n2)cc1. The first-order valence-electron chi connectivity index (χ1n) is 46.3. The summed E-state index contributed by atoms with van der Waals surface area (Å²) in [5.74, 6) is 2.63. The Hall–Kier alpha value is -18.3. The lowest BCUT2D eigenvalue weighted by molar-refractivity contribution is 1.07. The van der Waals surface area contributed by atoms with E-state index in [1.54, 1.807) is 0 Å². The summed E-state index contributed by atoms with van der Waals surface area (Å²) in [6, 6.07) is 172. The number of benzene rings is 22. The highest BCUT2D eigenvalue weighted by Crippen LogP contribution is 2.46. The molecule has 6 heterocycles. The Kier molecular flexibility index (Phi) is 18.1. The molecule has 22 aromatic carbocycles. The number of rotatable bonds is 12. The first-order chi connectivity index (χ1) is 67.4. The topological polar surface area (TPSA) is 84.2 Å². The largest absolute Gasteiger partial charge is 0.309 e. The van der Waals surface area contributed by atoms with Gasteiger partial charge >= 0.3 is 0 Å². The molecule has 0 N–H and O–H groups in total. The van der Waals surface area contributed by atoms with Crippen LogP contribution in [0.15, 0.2) is 479 Å². The van der Waals surface area contributed by atoms with Gasteiger partial charge in [-0.25, -0.2) is 24.9 Å². The molecule has 9 nitrogen and oxygen atoms in total. The van der Waals surface area contributed by atoms with E-state index < -0.39 is 0 Å². The van der Waals surface area contributed by atoms with Gasteiger partial charge in [-0.3, -0.25) is 0 Å². The molecule has 0 unspecified atom stereocenters. The van der Waals surface area contributed by atoms with Crippen LogP contribution in [0.5, 0.6) is 0 Å². The minimum Gasteiger partial charge on any atom is -0.309 e. The van der Waals surface area contributed by atoms with Gasteiger partial charge in [0.1, 0.15) is 0 Å². The zero-order valence-electron chi connectivity index (χ0n) is 73.6. The first-order valence-corrected chi connectivity index (χ1v) is 46.3. The van der Waals surface area contributed by atoms with Gasteiger partial charge in [0, 0.05) is 99.2 Å². The van der Waals surface area contributed by atoms with Gasteiger partial charge in [0.2, 0.25) is 0 Å². The Morgan fingerprint density at radius 2 is 0.309 bits per heavy atom. The van der Waals surface area contributed by atoms with Crippen LogP contribution in [0.1, 0.15) is 0 Å². The Morgan fingerprint density at radius 1 is 0.110 bits per heavy atom. The van der Waals surface area contributed by atoms with E-state index in [2.05, 4.69) is 425 Å². The third kappa shape index (κ3) is 12.9. The van der Waals surface area contributed by atoms with Crippen LogP contribution in [0.3, 0.4) is 0 Å². The maximum Gasteiger partial charge on any atom is 0.164 e. The Morgan fingerprint density at radius 3 is 0.596 bits per heavy atom. The summed E-state index contributed by atoms with van der Waals surface area (Å²) in [5.41, 5.74) is 26.3. The van der Waals surface area contributed by atoms with Crippen LogP contribution < -0.4 is 0 Å². The summed E-state index contributed by atoms with van der Waals surface area (Å²) >= 11 is 0. The molecular weight excluding hydrogens is 1650 g/mol. The monoisotopic (exact) mass is 1730 g/mol. The van der Waals surface area contributed by atoms with Crippen LogP contribution in [0.25, 0.3) is 265 Å². The molecule has 0 atom stereocenters. The van der Waals surface area contributed by atoms with E-state index in [1.165, 1.54) is 152 Å². The number of hydrogen-bond donors (Lipinski definition) is 0. The molecule has 9 heteroatoms. The molecule has 136 heavy (non-hydrogen) atoms. The van der Waals surface area contributed by atoms with E-state index in [1.807, 2.05) is 72.8 Å². The van der Waals surface area contributed by atoms with Crippen LogP contribution in [0.4, 0.5) is 0 Å². The quantitative estimate of drug-likeness (QED) is 0.114. The van der Waals surface area contributed by atoms with E-state index in [-0.39, 0.29) is 0 Å². The smallest absolute Gasteiger partial charge is 0.164 e. The van der Waals surface area contributed by atoms with Crippen LogP contribution >= 0.6 is 0 Å². The molecule has 28 rings (SSSR count). The number of para-hydroxylation sites is 4. The Labute approximate surface area is 781 Å². The van der Waals surface area contributed by atoms with Crippen LogP contribution in [0, 0.1) is 0 Å². The molecule has 0 spiro atoms. The van der Waals surface area contributed by atoms with Gasteiger partial charge < -0.3 is 18.3 Å². The number of hydrogen-bond acceptors (Lipinski definition) is 5. The van der Waals surface area contributed by atoms with Crippen molar-refractivity contribution >= 4 is 152 Å². The van der Waals surface area contributed by atoms with Crippen LogP contribution in [0.2, 0.25) is 0 Å². The summed E-state index contributed by atoms with van der Waals surface area (Å²) in [6.07, 6.45) is 0. The third-order valence-corrected chi connectivity index (χ3v) is 27.7. The molecule has 6 aromatic heterocycles. The van der Waals surface area contributed by atoms with Gasteiger partial charge in [0.05, 0.1) is 55.5 Å². The molecular formula is C127H79N9. The van der Waals surface area contributed by atoms with Crippen molar-refractivity contribution in [2.75, 3.05) is 0 Å². The highest BCUT2D eigenvalue weighted by atomic mass is 15.0. The van der Waals surface area contributed by atoms with Gasteiger partial charge in [-0.2, -0.15) is 0 Å². The first kappa shape index (κ1) is 77.6. The fraction of sp³-hybridized carbons (Fsp3) is 0.